The van der Waals surface area contributed by atoms with E-state index in [0.717, 1.165) is 19.3 Å². The number of halogens is 1. The maximum atomic E-state index is 11.5. The molecule has 0 aliphatic heterocycles. The van der Waals surface area contributed by atoms with Crippen molar-refractivity contribution in [3.8, 4) is 0 Å². The van der Waals surface area contributed by atoms with Crippen LogP contribution in [0.15, 0.2) is 11.4 Å². The molecule has 0 spiro atoms. The third kappa shape index (κ3) is 2.98. The van der Waals surface area contributed by atoms with Crippen molar-refractivity contribution >= 4 is 34.9 Å². The van der Waals surface area contributed by atoms with E-state index >= 15 is 0 Å². The minimum atomic E-state index is -0.481. The summed E-state index contributed by atoms with van der Waals surface area (Å²) in [6.45, 7) is 0. The molecule has 92 valence electrons. The monoisotopic (exact) mass is 272 g/mol. The number of hydrogen-bond donors (Lipinski definition) is 2. The van der Waals surface area contributed by atoms with E-state index in [-0.39, 0.29) is 11.9 Å². The number of carbonyl (C=O) groups excluding carboxylic acids is 2. The Morgan fingerprint density at radius 3 is 3.12 bits per heavy atom. The second-order valence-corrected chi connectivity index (χ2v) is 5.17. The van der Waals surface area contributed by atoms with Gasteiger partial charge in [-0.3, -0.25) is 10.1 Å². The number of hydrogen-bond acceptors (Lipinski definition) is 3. The standard InChI is InChI=1S/C11H13ClN2O2S/c12-6-10(15)14-11(16)13-8-2-1-3-9-7(8)4-5-17-9/h4-5,8H,1-3,6H2,(H2,13,14,15,16). The van der Waals surface area contributed by atoms with Crippen LogP contribution >= 0.6 is 22.9 Å². The van der Waals surface area contributed by atoms with Crippen LogP contribution in [0.1, 0.15) is 29.3 Å². The van der Waals surface area contributed by atoms with Crippen molar-refractivity contribution in [3.05, 3.63) is 21.9 Å². The molecule has 4 nitrogen and oxygen atoms in total. The van der Waals surface area contributed by atoms with Crippen LogP contribution in [-0.4, -0.2) is 17.8 Å². The van der Waals surface area contributed by atoms with Gasteiger partial charge in [0.25, 0.3) is 0 Å². The fourth-order valence-electron chi connectivity index (χ4n) is 1.99. The lowest BCUT2D eigenvalue weighted by molar-refractivity contribution is -0.117. The van der Waals surface area contributed by atoms with Crippen molar-refractivity contribution in [3.63, 3.8) is 0 Å². The van der Waals surface area contributed by atoms with Crippen LogP contribution in [0.2, 0.25) is 0 Å². The van der Waals surface area contributed by atoms with Crippen LogP contribution < -0.4 is 10.6 Å². The van der Waals surface area contributed by atoms with Gasteiger partial charge in [0.1, 0.15) is 5.88 Å². The normalized spacial score (nSPS) is 18.3. The zero-order chi connectivity index (χ0) is 12.3. The number of urea groups is 1. The van der Waals surface area contributed by atoms with Crippen LogP contribution in [-0.2, 0) is 11.2 Å². The zero-order valence-electron chi connectivity index (χ0n) is 9.16. The van der Waals surface area contributed by atoms with E-state index < -0.39 is 11.9 Å². The van der Waals surface area contributed by atoms with Gasteiger partial charge in [-0.15, -0.1) is 22.9 Å². The minimum absolute atomic E-state index is 0.00752. The van der Waals surface area contributed by atoms with Gasteiger partial charge in [-0.2, -0.15) is 0 Å². The quantitative estimate of drug-likeness (QED) is 0.811. The number of carbonyl (C=O) groups is 2. The summed E-state index contributed by atoms with van der Waals surface area (Å²) in [6.07, 6.45) is 3.04. The Morgan fingerprint density at radius 1 is 1.53 bits per heavy atom. The van der Waals surface area contributed by atoms with Crippen LogP contribution in [0.5, 0.6) is 0 Å². The van der Waals surface area contributed by atoms with Gasteiger partial charge in [0.05, 0.1) is 6.04 Å². The van der Waals surface area contributed by atoms with Gasteiger partial charge in [0.2, 0.25) is 5.91 Å². The Balaban J connectivity index is 1.97. The highest BCUT2D eigenvalue weighted by molar-refractivity contribution is 7.10. The Kier molecular flexibility index (Phi) is 4.02. The molecule has 6 heteroatoms. The first-order valence-electron chi connectivity index (χ1n) is 5.43. The molecule has 0 fully saturated rings. The lowest BCUT2D eigenvalue weighted by Crippen LogP contribution is -2.42. The van der Waals surface area contributed by atoms with E-state index in [1.807, 2.05) is 11.4 Å². The molecule has 1 unspecified atom stereocenters. The summed E-state index contributed by atoms with van der Waals surface area (Å²) < 4.78 is 0. The first-order valence-corrected chi connectivity index (χ1v) is 6.84. The molecule has 2 N–H and O–H groups in total. The molecular weight excluding hydrogens is 260 g/mol. The molecule has 0 saturated carbocycles. The first kappa shape index (κ1) is 12.4. The molecular formula is C11H13ClN2O2S. The van der Waals surface area contributed by atoms with E-state index in [9.17, 15) is 9.59 Å². The van der Waals surface area contributed by atoms with E-state index in [1.54, 1.807) is 11.3 Å². The van der Waals surface area contributed by atoms with Gasteiger partial charge in [0, 0.05) is 4.88 Å². The maximum absolute atomic E-state index is 11.5. The van der Waals surface area contributed by atoms with E-state index in [0.29, 0.717) is 0 Å². The molecule has 1 aliphatic rings. The largest absolute Gasteiger partial charge is 0.331 e. The molecule has 1 aromatic heterocycles. The summed E-state index contributed by atoms with van der Waals surface area (Å²) in [5.41, 5.74) is 1.18. The minimum Gasteiger partial charge on any atom is -0.331 e. The van der Waals surface area contributed by atoms with E-state index in [2.05, 4.69) is 10.6 Å². The molecule has 3 amide bonds. The summed E-state index contributed by atoms with van der Waals surface area (Å²) in [4.78, 5) is 23.8. The summed E-state index contributed by atoms with van der Waals surface area (Å²) in [5, 5.41) is 7.02. The molecule has 1 heterocycles. The van der Waals surface area contributed by atoms with Crippen molar-refractivity contribution in [2.45, 2.75) is 25.3 Å². The number of aryl methyl sites for hydroxylation is 1. The number of fused-ring (bicyclic) bond motifs is 1. The smallest absolute Gasteiger partial charge is 0.321 e. The Bertz CT molecular complexity index is 433. The Labute approximate surface area is 108 Å². The number of imide groups is 1. The van der Waals surface area contributed by atoms with Crippen molar-refractivity contribution in [2.75, 3.05) is 5.88 Å². The van der Waals surface area contributed by atoms with Crippen molar-refractivity contribution in [1.29, 1.82) is 0 Å². The van der Waals surface area contributed by atoms with Gasteiger partial charge < -0.3 is 5.32 Å². The van der Waals surface area contributed by atoms with Crippen LogP contribution in [0.3, 0.4) is 0 Å². The Morgan fingerprint density at radius 2 is 2.35 bits per heavy atom. The van der Waals surface area contributed by atoms with Crippen LogP contribution in [0, 0.1) is 0 Å². The molecule has 0 radical (unpaired) electrons. The number of thiophene rings is 1. The molecule has 1 atom stereocenters. The van der Waals surface area contributed by atoms with Crippen LogP contribution in [0.25, 0.3) is 0 Å². The topological polar surface area (TPSA) is 58.2 Å². The first-order chi connectivity index (χ1) is 8.20. The lowest BCUT2D eigenvalue weighted by Gasteiger charge is -2.23. The number of alkyl halides is 1. The predicted octanol–water partition coefficient (Wildman–Crippen LogP) is 2.19. The Hall–Kier alpha value is -1.07. The molecule has 0 bridgehead atoms. The number of nitrogens with one attached hydrogen (secondary N) is 2. The fourth-order valence-corrected chi connectivity index (χ4v) is 3.05. The van der Waals surface area contributed by atoms with Gasteiger partial charge in [-0.25, -0.2) is 4.79 Å². The van der Waals surface area contributed by atoms with Gasteiger partial charge in [0.15, 0.2) is 0 Å². The number of amides is 3. The highest BCUT2D eigenvalue weighted by Gasteiger charge is 2.22. The zero-order valence-corrected chi connectivity index (χ0v) is 10.7. The summed E-state index contributed by atoms with van der Waals surface area (Å²) in [5.74, 6) is -0.688. The highest BCUT2D eigenvalue weighted by Crippen LogP contribution is 2.32. The van der Waals surface area contributed by atoms with E-state index in [4.69, 9.17) is 11.6 Å². The SMILES string of the molecule is O=C(CCl)NC(=O)NC1CCCc2sccc21. The fraction of sp³-hybridized carbons (Fsp3) is 0.455. The van der Waals surface area contributed by atoms with E-state index in [1.165, 1.54) is 10.4 Å². The third-order valence-electron chi connectivity index (χ3n) is 2.73. The molecule has 1 aromatic rings. The third-order valence-corrected chi connectivity index (χ3v) is 3.97. The van der Waals surface area contributed by atoms with Crippen LogP contribution in [0.4, 0.5) is 4.79 Å². The predicted molar refractivity (Wildman–Crippen MR) is 67.4 cm³/mol. The highest BCUT2D eigenvalue weighted by atomic mass is 35.5. The average Bonchev–Trinajstić information content (AvgIpc) is 2.78. The second kappa shape index (κ2) is 5.51. The van der Waals surface area contributed by atoms with Crippen molar-refractivity contribution in [1.82, 2.24) is 10.6 Å². The molecule has 1 aliphatic carbocycles. The van der Waals surface area contributed by atoms with Gasteiger partial charge >= 0.3 is 6.03 Å². The number of rotatable bonds is 2. The summed E-state index contributed by atoms with van der Waals surface area (Å²) in [6, 6.07) is 1.57. The second-order valence-electron chi connectivity index (χ2n) is 3.90. The molecule has 0 saturated heterocycles. The average molecular weight is 273 g/mol. The molecule has 17 heavy (non-hydrogen) atoms. The molecule has 2 rings (SSSR count). The lowest BCUT2D eigenvalue weighted by atomic mass is 9.94. The van der Waals surface area contributed by atoms with Crippen molar-refractivity contribution < 1.29 is 9.59 Å². The summed E-state index contributed by atoms with van der Waals surface area (Å²) >= 11 is 7.03. The van der Waals surface area contributed by atoms with Crippen molar-refractivity contribution in [2.24, 2.45) is 0 Å². The van der Waals surface area contributed by atoms with Gasteiger partial charge in [-0.05, 0) is 36.3 Å². The maximum Gasteiger partial charge on any atom is 0.321 e. The summed E-state index contributed by atoms with van der Waals surface area (Å²) in [7, 11) is 0. The molecule has 0 aromatic carbocycles. The van der Waals surface area contributed by atoms with Gasteiger partial charge in [-0.1, -0.05) is 0 Å².